The summed E-state index contributed by atoms with van der Waals surface area (Å²) in [6.07, 6.45) is 5.13. The van der Waals surface area contributed by atoms with Gasteiger partial charge in [-0.05, 0) is 37.0 Å². The van der Waals surface area contributed by atoms with Crippen LogP contribution in [0.4, 0.5) is 0 Å². The zero-order valence-corrected chi connectivity index (χ0v) is 21.9. The molecule has 2 amide bonds. The Kier molecular flexibility index (Phi) is 7.88. The molecule has 10 heteroatoms. The van der Waals surface area contributed by atoms with E-state index in [4.69, 9.17) is 0 Å². The Morgan fingerprint density at radius 1 is 1.22 bits per heavy atom. The van der Waals surface area contributed by atoms with Crippen LogP contribution in [-0.2, 0) is 14.4 Å². The van der Waals surface area contributed by atoms with Crippen molar-refractivity contribution in [1.82, 2.24) is 20.2 Å². The largest absolute Gasteiger partial charge is 0.480 e. The van der Waals surface area contributed by atoms with Gasteiger partial charge in [0.05, 0.1) is 11.8 Å². The second-order valence-corrected chi connectivity index (χ2v) is 11.8. The van der Waals surface area contributed by atoms with Crippen molar-refractivity contribution in [1.29, 1.82) is 0 Å². The Bertz CT molecular complexity index is 1000. The molecule has 0 spiro atoms. The van der Waals surface area contributed by atoms with E-state index >= 15 is 0 Å². The summed E-state index contributed by atoms with van der Waals surface area (Å²) in [6.45, 7) is 10.9. The Morgan fingerprint density at radius 2 is 1.89 bits per heavy atom. The highest BCUT2D eigenvalue weighted by Crippen LogP contribution is 2.48. The zero-order valence-electron chi connectivity index (χ0n) is 21.9. The number of likely N-dealkylation sites (tertiary alicyclic amines) is 1. The fourth-order valence-corrected chi connectivity index (χ4v) is 5.56. The van der Waals surface area contributed by atoms with Crippen molar-refractivity contribution in [3.05, 3.63) is 24.3 Å². The molecule has 1 aliphatic heterocycles. The number of nitrogens with zero attached hydrogens (tertiary/aromatic N) is 3. The van der Waals surface area contributed by atoms with Crippen LogP contribution in [0.15, 0.2) is 18.6 Å². The normalized spacial score (nSPS) is 27.4. The second-order valence-electron chi connectivity index (χ2n) is 11.8. The van der Waals surface area contributed by atoms with E-state index in [0.29, 0.717) is 12.8 Å². The summed E-state index contributed by atoms with van der Waals surface area (Å²) in [7, 11) is 0. The molecule has 1 aliphatic carbocycles. The molecule has 10 nitrogen and oxygen atoms in total. The third kappa shape index (κ3) is 5.58. The van der Waals surface area contributed by atoms with Crippen LogP contribution in [0.1, 0.15) is 71.3 Å². The Hall–Kier alpha value is -2.88. The fraction of sp³-hybridized carbons (Fsp3) is 0.692. The number of carboxylic acid groups (broad SMARTS) is 1. The van der Waals surface area contributed by atoms with E-state index in [9.17, 15) is 29.4 Å². The quantitative estimate of drug-likeness (QED) is 0.456. The number of Topliss-reactive ketones (excluding diaryl/α,β-unsaturated/α-hetero) is 1. The number of aliphatic carboxylic acids is 1. The lowest BCUT2D eigenvalue weighted by Gasteiger charge is -2.37. The molecule has 1 saturated heterocycles. The number of carbonyl (C=O) groups excluding carboxylic acids is 3. The van der Waals surface area contributed by atoms with Crippen LogP contribution >= 0.6 is 0 Å². The zero-order chi connectivity index (χ0) is 27.0. The number of rotatable bonds is 8. The molecule has 6 atom stereocenters. The Labute approximate surface area is 211 Å². The Morgan fingerprint density at radius 3 is 2.42 bits per heavy atom. The average molecular weight is 503 g/mol. The van der Waals surface area contributed by atoms with Gasteiger partial charge in [-0.2, -0.15) is 0 Å². The number of aliphatic hydroxyl groups is 1. The Balaban J connectivity index is 1.83. The molecule has 198 valence electrons. The van der Waals surface area contributed by atoms with E-state index in [1.807, 2.05) is 13.8 Å². The summed E-state index contributed by atoms with van der Waals surface area (Å²) in [5, 5.41) is 23.6. The number of carbonyl (C=O) groups is 4. The van der Waals surface area contributed by atoms with Gasteiger partial charge < -0.3 is 20.4 Å². The standard InChI is InChI=1S/C26H38N4O6/c1-14(2)16(11-19(31)18-12-27-9-10-28-18)22(32)29-21(25(3,4)5)23(33)30-13-17-15(20(30)24(34)35)7-8-26(17,6)36/h9-10,12,14-17,20-21,36H,7-8,11,13H2,1-6H3,(H,29,32)(H,34,35)/t15-,16?,17-,20?,21+,26+/m0/s1. The van der Waals surface area contributed by atoms with Gasteiger partial charge in [0.15, 0.2) is 5.78 Å². The maximum atomic E-state index is 13.8. The minimum absolute atomic E-state index is 0.0955. The number of hydrogen-bond acceptors (Lipinski definition) is 7. The summed E-state index contributed by atoms with van der Waals surface area (Å²) in [5.74, 6) is -3.97. The molecule has 3 N–H and O–H groups in total. The summed E-state index contributed by atoms with van der Waals surface area (Å²) < 4.78 is 0. The lowest BCUT2D eigenvalue weighted by molar-refractivity contribution is -0.152. The van der Waals surface area contributed by atoms with Crippen molar-refractivity contribution in [2.45, 2.75) is 78.5 Å². The first-order chi connectivity index (χ1) is 16.6. The first kappa shape index (κ1) is 27.7. The van der Waals surface area contributed by atoms with Gasteiger partial charge in [0.1, 0.15) is 17.8 Å². The maximum Gasteiger partial charge on any atom is 0.326 e. The van der Waals surface area contributed by atoms with Crippen molar-refractivity contribution in [3.8, 4) is 0 Å². The summed E-state index contributed by atoms with van der Waals surface area (Å²) in [4.78, 5) is 61.4. The van der Waals surface area contributed by atoms with Crippen molar-refractivity contribution in [2.75, 3.05) is 6.54 Å². The molecule has 0 radical (unpaired) electrons. The van der Waals surface area contributed by atoms with E-state index in [-0.39, 0.29) is 42.2 Å². The van der Waals surface area contributed by atoms with Gasteiger partial charge in [-0.25, -0.2) is 9.78 Å². The molecule has 2 heterocycles. The van der Waals surface area contributed by atoms with Crippen molar-refractivity contribution in [3.63, 3.8) is 0 Å². The van der Waals surface area contributed by atoms with Gasteiger partial charge >= 0.3 is 5.97 Å². The van der Waals surface area contributed by atoms with Gasteiger partial charge in [-0.1, -0.05) is 34.6 Å². The first-order valence-corrected chi connectivity index (χ1v) is 12.5. The van der Waals surface area contributed by atoms with E-state index in [0.717, 1.165) is 0 Å². The molecule has 0 bridgehead atoms. The predicted octanol–water partition coefficient (Wildman–Crippen LogP) is 1.93. The topological polar surface area (TPSA) is 150 Å². The number of nitrogens with one attached hydrogen (secondary N) is 1. The van der Waals surface area contributed by atoms with E-state index in [1.165, 1.54) is 23.5 Å². The first-order valence-electron chi connectivity index (χ1n) is 12.5. The molecule has 2 aliphatic rings. The number of fused-ring (bicyclic) bond motifs is 1. The second kappa shape index (κ2) is 10.2. The third-order valence-electron chi connectivity index (χ3n) is 7.77. The van der Waals surface area contributed by atoms with Crippen LogP contribution in [0.25, 0.3) is 0 Å². The summed E-state index contributed by atoms with van der Waals surface area (Å²) >= 11 is 0. The van der Waals surface area contributed by atoms with Gasteiger partial charge in [-0.15, -0.1) is 0 Å². The van der Waals surface area contributed by atoms with Crippen LogP contribution in [0.3, 0.4) is 0 Å². The van der Waals surface area contributed by atoms with Crippen LogP contribution in [-0.4, -0.2) is 72.9 Å². The molecule has 36 heavy (non-hydrogen) atoms. The number of carboxylic acids is 1. The van der Waals surface area contributed by atoms with Crippen molar-refractivity contribution in [2.24, 2.45) is 29.1 Å². The van der Waals surface area contributed by atoms with Gasteiger partial charge in [0.2, 0.25) is 11.8 Å². The van der Waals surface area contributed by atoms with Crippen molar-refractivity contribution < 1.29 is 29.4 Å². The maximum absolute atomic E-state index is 13.8. The minimum Gasteiger partial charge on any atom is -0.480 e. The SMILES string of the molecule is CC(C)C(CC(=O)c1cnccn1)C(=O)N[C@H](C(=O)N1C[C@H]2[C@H](CC[C@@]2(C)O)C1C(=O)O)C(C)(C)C. The van der Waals surface area contributed by atoms with Gasteiger partial charge in [0, 0.05) is 37.2 Å². The molecule has 1 aromatic rings. The third-order valence-corrected chi connectivity index (χ3v) is 7.77. The molecular weight excluding hydrogens is 464 g/mol. The number of ketones is 1. The van der Waals surface area contributed by atoms with Crippen LogP contribution < -0.4 is 5.32 Å². The highest BCUT2D eigenvalue weighted by atomic mass is 16.4. The molecule has 2 unspecified atom stereocenters. The van der Waals surface area contributed by atoms with Gasteiger partial charge in [0.25, 0.3) is 0 Å². The van der Waals surface area contributed by atoms with Crippen LogP contribution in [0, 0.1) is 29.1 Å². The summed E-state index contributed by atoms with van der Waals surface area (Å²) in [5.41, 5.74) is -1.61. The number of aromatic nitrogens is 2. The smallest absolute Gasteiger partial charge is 0.326 e. The molecule has 2 fully saturated rings. The van der Waals surface area contributed by atoms with Crippen LogP contribution in [0.5, 0.6) is 0 Å². The lowest BCUT2D eigenvalue weighted by Crippen LogP contribution is -2.58. The fourth-order valence-electron chi connectivity index (χ4n) is 5.56. The predicted molar refractivity (Wildman–Crippen MR) is 131 cm³/mol. The van der Waals surface area contributed by atoms with Gasteiger partial charge in [-0.3, -0.25) is 19.4 Å². The highest BCUT2D eigenvalue weighted by molar-refractivity contribution is 5.98. The van der Waals surface area contributed by atoms with Crippen LogP contribution in [0.2, 0.25) is 0 Å². The highest BCUT2D eigenvalue weighted by Gasteiger charge is 2.58. The van der Waals surface area contributed by atoms with E-state index in [1.54, 1.807) is 27.7 Å². The molecule has 1 saturated carbocycles. The number of amides is 2. The van der Waals surface area contributed by atoms with E-state index < -0.39 is 46.8 Å². The van der Waals surface area contributed by atoms with E-state index in [2.05, 4.69) is 15.3 Å². The average Bonchev–Trinajstić information content (AvgIpc) is 3.32. The molecule has 1 aromatic heterocycles. The summed E-state index contributed by atoms with van der Waals surface area (Å²) in [6, 6.07) is -2.07. The lowest BCUT2D eigenvalue weighted by atomic mass is 9.83. The monoisotopic (exact) mass is 502 g/mol. The van der Waals surface area contributed by atoms with Crippen molar-refractivity contribution >= 4 is 23.6 Å². The minimum atomic E-state index is -1.11. The number of hydrogen-bond donors (Lipinski definition) is 3. The molecular formula is C26H38N4O6. The molecule has 3 rings (SSSR count). The molecule has 0 aromatic carbocycles.